The summed E-state index contributed by atoms with van der Waals surface area (Å²) >= 11 is 0. The fourth-order valence-electron chi connectivity index (χ4n) is 6.78. The Morgan fingerprint density at radius 2 is 1.02 bits per heavy atom. The summed E-state index contributed by atoms with van der Waals surface area (Å²) in [6.45, 7) is 0. The normalized spacial score (nSPS) is 15.1. The van der Waals surface area contributed by atoms with Crippen LogP contribution in [0.2, 0.25) is 0 Å². The first-order chi connectivity index (χ1) is 32.2. The molecule has 11 aromatic rings. The molecule has 0 saturated carbocycles. The van der Waals surface area contributed by atoms with Gasteiger partial charge in [0.15, 0.2) is 17.5 Å². The molecule has 0 aliphatic heterocycles. The van der Waals surface area contributed by atoms with Crippen molar-refractivity contribution in [1.82, 2.24) is 15.0 Å². The van der Waals surface area contributed by atoms with Gasteiger partial charge in [0, 0.05) is 43.6 Å². The Bertz CT molecular complexity index is 3940. The van der Waals surface area contributed by atoms with Crippen LogP contribution < -0.4 is 0 Å². The molecule has 0 spiro atoms. The molecule has 5 nitrogen and oxygen atoms in total. The first-order valence-electron chi connectivity index (χ1n) is 23.5. The molecule has 252 valence electrons. The van der Waals surface area contributed by atoms with Gasteiger partial charge in [0.1, 0.15) is 22.3 Å². The molecule has 0 fully saturated rings. The van der Waals surface area contributed by atoms with E-state index in [1.165, 1.54) is 0 Å². The molecule has 0 unspecified atom stereocenters. The molecular weight excluding hydrogens is 663 g/mol. The summed E-state index contributed by atoms with van der Waals surface area (Å²) in [7, 11) is 0. The summed E-state index contributed by atoms with van der Waals surface area (Å²) in [5.41, 5.74) is 2.33. The molecule has 0 amide bonds. The van der Waals surface area contributed by atoms with E-state index in [2.05, 4.69) is 0 Å². The number of nitrogens with zero attached hydrogens (tertiary/aromatic N) is 3. The number of hydrogen-bond acceptors (Lipinski definition) is 5. The monoisotopic (exact) mass is 704 g/mol. The van der Waals surface area contributed by atoms with Gasteiger partial charge >= 0.3 is 0 Å². The van der Waals surface area contributed by atoms with Crippen LogP contribution in [0.4, 0.5) is 0 Å². The zero-order valence-corrected chi connectivity index (χ0v) is 27.9. The highest BCUT2D eigenvalue weighted by Gasteiger charge is 2.18. The second kappa shape index (κ2) is 12.1. The maximum Gasteiger partial charge on any atom is 0.164 e. The van der Waals surface area contributed by atoms with Crippen molar-refractivity contribution < 1.29 is 26.7 Å². The molecule has 54 heavy (non-hydrogen) atoms. The van der Waals surface area contributed by atoms with Gasteiger partial charge in [0.25, 0.3) is 0 Å². The Morgan fingerprint density at radius 3 is 1.83 bits per heavy atom. The van der Waals surface area contributed by atoms with E-state index in [9.17, 15) is 4.11 Å². The highest BCUT2D eigenvalue weighted by atomic mass is 16.3. The molecule has 5 heteroatoms. The molecule has 0 bridgehead atoms. The van der Waals surface area contributed by atoms with Crippen LogP contribution in [0.5, 0.6) is 0 Å². The molecule has 0 atom stereocenters. The quantitative estimate of drug-likeness (QED) is 0.178. The largest absolute Gasteiger partial charge is 0.456 e. The third-order valence-corrected chi connectivity index (χ3v) is 9.36. The first kappa shape index (κ1) is 20.0. The van der Waals surface area contributed by atoms with Crippen LogP contribution in [0.15, 0.2) is 184 Å². The second-order valence-electron chi connectivity index (χ2n) is 12.6. The molecule has 3 aromatic heterocycles. The lowest BCUT2D eigenvalue weighted by Gasteiger charge is -2.11. The number of aromatic nitrogens is 3. The Morgan fingerprint density at radius 1 is 0.370 bits per heavy atom. The smallest absolute Gasteiger partial charge is 0.164 e. The molecule has 3 heterocycles. The van der Waals surface area contributed by atoms with Gasteiger partial charge in [-0.1, -0.05) is 133 Å². The highest BCUT2D eigenvalue weighted by molar-refractivity contribution is 6.19. The van der Waals surface area contributed by atoms with Gasteiger partial charge in [-0.2, -0.15) is 0 Å². The lowest BCUT2D eigenvalue weighted by molar-refractivity contribution is 0.669. The van der Waals surface area contributed by atoms with Crippen molar-refractivity contribution in [1.29, 1.82) is 0 Å². The second-order valence-corrected chi connectivity index (χ2v) is 12.6. The number of hydrogen-bond donors (Lipinski definition) is 0. The highest BCUT2D eigenvalue weighted by Crippen LogP contribution is 2.41. The standard InChI is InChI=1S/C49H29N3O2/c1-3-11-30(12-4-1)34-23-25-38-42-29-40(36-15-7-8-17-39(36)46(42)54-45(38)28-34)31-19-21-33(22-20-31)48-50-47(32-13-5-2-6-14-32)51-49(52-48)35-24-26-44-41(27-35)37-16-9-10-18-43(37)53-44/h1-29H/i1D,3D,4D,7D,8D,11D,12D,15D,17D,23D,25D,28D,29D. The van der Waals surface area contributed by atoms with E-state index in [0.29, 0.717) is 34.2 Å². The third-order valence-electron chi connectivity index (χ3n) is 9.36. The molecule has 0 aliphatic rings. The van der Waals surface area contributed by atoms with Gasteiger partial charge in [-0.15, -0.1) is 0 Å². The van der Waals surface area contributed by atoms with Crippen molar-refractivity contribution in [3.63, 3.8) is 0 Å². The maximum absolute atomic E-state index is 9.72. The Labute approximate surface area is 328 Å². The van der Waals surface area contributed by atoms with Crippen molar-refractivity contribution >= 4 is 54.6 Å². The van der Waals surface area contributed by atoms with Crippen molar-refractivity contribution in [3.8, 4) is 56.4 Å². The topological polar surface area (TPSA) is 65.0 Å². The van der Waals surface area contributed by atoms with Crippen LogP contribution in [-0.4, -0.2) is 15.0 Å². The minimum Gasteiger partial charge on any atom is -0.456 e. The van der Waals surface area contributed by atoms with E-state index in [0.717, 1.165) is 27.5 Å². The molecule has 11 rings (SSSR count). The van der Waals surface area contributed by atoms with Gasteiger partial charge in [-0.3, -0.25) is 0 Å². The Kier molecular flexibility index (Phi) is 4.49. The van der Waals surface area contributed by atoms with Gasteiger partial charge < -0.3 is 8.83 Å². The molecule has 0 N–H and O–H groups in total. The van der Waals surface area contributed by atoms with Crippen LogP contribution >= 0.6 is 0 Å². The van der Waals surface area contributed by atoms with Gasteiger partial charge in [-0.05, 0) is 70.0 Å². The maximum atomic E-state index is 9.72. The molecule has 8 aromatic carbocycles. The average Bonchev–Trinajstić information content (AvgIpc) is 3.94. The molecule has 0 radical (unpaired) electrons. The molecular formula is C49H29N3O2. The van der Waals surface area contributed by atoms with Crippen LogP contribution in [0.1, 0.15) is 17.8 Å². The predicted octanol–water partition coefficient (Wildman–Crippen LogP) is 13.2. The molecule has 0 aliphatic carbocycles. The minimum atomic E-state index is -0.703. The van der Waals surface area contributed by atoms with Gasteiger partial charge in [0.2, 0.25) is 0 Å². The summed E-state index contributed by atoms with van der Waals surface area (Å²) in [6.07, 6.45) is 0. The number of benzene rings is 8. The van der Waals surface area contributed by atoms with E-state index in [4.69, 9.17) is 37.5 Å². The lowest BCUT2D eigenvalue weighted by atomic mass is 9.94. The number of furan rings is 2. The molecule has 0 saturated heterocycles. The van der Waals surface area contributed by atoms with E-state index in [-0.39, 0.29) is 44.3 Å². The van der Waals surface area contributed by atoms with Crippen molar-refractivity contribution in [2.24, 2.45) is 0 Å². The lowest BCUT2D eigenvalue weighted by Crippen LogP contribution is -2.00. The SMILES string of the molecule is [2H]c1c([2H])c([2H])c(-c2c([2H])c([2H])c3c(oc4c5c([2H])c([2H])c([2H])c([2H])c5c(-c5ccc(-c6nc(-c7ccccc7)nc(-c7ccc8oc9ccccc9c8c7)n6)cc5)c([2H])c43)c2[2H])c([2H])c1[2H]. The summed E-state index contributed by atoms with van der Waals surface area (Å²) in [4.78, 5) is 14.7. The fourth-order valence-corrected chi connectivity index (χ4v) is 6.78. The van der Waals surface area contributed by atoms with Crippen molar-refractivity contribution in [2.75, 3.05) is 0 Å². The van der Waals surface area contributed by atoms with E-state index in [1.807, 2.05) is 72.8 Å². The Balaban J connectivity index is 1.13. The Hall–Kier alpha value is -7.37. The fraction of sp³-hybridized carbons (Fsp3) is 0. The van der Waals surface area contributed by atoms with Crippen LogP contribution in [0.3, 0.4) is 0 Å². The predicted molar refractivity (Wildman–Crippen MR) is 219 cm³/mol. The average molecular weight is 705 g/mol. The summed E-state index contributed by atoms with van der Waals surface area (Å²) < 4.78 is 127. The van der Waals surface area contributed by atoms with Gasteiger partial charge in [0.05, 0.1) is 17.8 Å². The van der Waals surface area contributed by atoms with E-state index in [1.54, 1.807) is 24.3 Å². The zero-order valence-electron chi connectivity index (χ0n) is 40.9. The van der Waals surface area contributed by atoms with Crippen molar-refractivity contribution in [3.05, 3.63) is 176 Å². The zero-order chi connectivity index (χ0) is 46.9. The van der Waals surface area contributed by atoms with Crippen LogP contribution in [0, 0.1) is 0 Å². The van der Waals surface area contributed by atoms with Gasteiger partial charge in [-0.25, -0.2) is 15.0 Å². The first-order valence-corrected chi connectivity index (χ1v) is 17.0. The number of para-hydroxylation sites is 1. The van der Waals surface area contributed by atoms with Crippen molar-refractivity contribution in [2.45, 2.75) is 0 Å². The van der Waals surface area contributed by atoms with Crippen LogP contribution in [-0.2, 0) is 0 Å². The number of fused-ring (bicyclic) bond motifs is 8. The van der Waals surface area contributed by atoms with Crippen LogP contribution in [0.25, 0.3) is 111 Å². The van der Waals surface area contributed by atoms with E-state index < -0.39 is 83.6 Å². The summed E-state index contributed by atoms with van der Waals surface area (Å²) in [6, 6.07) is 21.9. The summed E-state index contributed by atoms with van der Waals surface area (Å²) in [5.74, 6) is 1.13. The number of rotatable bonds is 5. The summed E-state index contributed by atoms with van der Waals surface area (Å²) in [5, 5.41) is 1.33. The third kappa shape index (κ3) is 4.98. The minimum absolute atomic E-state index is 0.0536. The van der Waals surface area contributed by atoms with E-state index >= 15 is 0 Å².